The highest BCUT2D eigenvalue weighted by molar-refractivity contribution is 5.78. The Balaban J connectivity index is 1.99. The van der Waals surface area contributed by atoms with Crippen LogP contribution < -0.4 is 11.2 Å². The molecular weight excluding hydrogens is 274 g/mol. The van der Waals surface area contributed by atoms with Crippen molar-refractivity contribution in [1.82, 2.24) is 9.47 Å². The first kappa shape index (κ1) is 16.7. The first-order valence-electron chi connectivity index (χ1n) is 8.21. The third-order valence-electron chi connectivity index (χ3n) is 4.26. The minimum atomic E-state index is 0.0713. The Morgan fingerprint density at radius 2 is 1.91 bits per heavy atom. The number of rotatable bonds is 8. The fraction of sp³-hybridized carbons (Fsp3) is 0.500. The van der Waals surface area contributed by atoms with E-state index in [1.807, 2.05) is 30.5 Å². The molecule has 1 atom stereocenters. The lowest BCUT2D eigenvalue weighted by Crippen LogP contribution is -2.29. The Kier molecular flexibility index (Phi) is 6.16. The second-order valence-electron chi connectivity index (χ2n) is 5.78. The molecule has 0 fully saturated rings. The van der Waals surface area contributed by atoms with Gasteiger partial charge in [-0.1, -0.05) is 26.0 Å². The van der Waals surface area contributed by atoms with E-state index in [-0.39, 0.29) is 11.5 Å². The molecule has 1 aromatic heterocycles. The highest BCUT2D eigenvalue weighted by Crippen LogP contribution is 2.11. The van der Waals surface area contributed by atoms with Crippen molar-refractivity contribution in [3.05, 3.63) is 46.8 Å². The zero-order chi connectivity index (χ0) is 15.9. The standard InChI is InChI=1S/C18H27N3O/c1-3-20(4-2)12-7-8-15(19)14-21-13-11-18(22)16-9-5-6-10-17(16)21/h5-6,9-11,13,15H,3-4,7-8,12,14,19H2,1-2H3. The third kappa shape index (κ3) is 4.18. The van der Waals surface area contributed by atoms with E-state index in [9.17, 15) is 4.79 Å². The van der Waals surface area contributed by atoms with E-state index in [4.69, 9.17) is 5.73 Å². The molecule has 0 aliphatic rings. The number of fused-ring (bicyclic) bond motifs is 1. The second kappa shape index (κ2) is 8.11. The largest absolute Gasteiger partial charge is 0.346 e. The van der Waals surface area contributed by atoms with E-state index in [1.54, 1.807) is 6.07 Å². The quantitative estimate of drug-likeness (QED) is 0.815. The van der Waals surface area contributed by atoms with E-state index in [2.05, 4.69) is 23.3 Å². The van der Waals surface area contributed by atoms with Gasteiger partial charge in [0.2, 0.25) is 0 Å². The molecule has 1 aromatic carbocycles. The average molecular weight is 301 g/mol. The van der Waals surface area contributed by atoms with Crippen LogP contribution in [0, 0.1) is 0 Å². The monoisotopic (exact) mass is 301 g/mol. The number of benzene rings is 1. The second-order valence-corrected chi connectivity index (χ2v) is 5.78. The van der Waals surface area contributed by atoms with Crippen LogP contribution in [0.5, 0.6) is 0 Å². The predicted octanol–water partition coefficient (Wildman–Crippen LogP) is 2.45. The SMILES string of the molecule is CCN(CC)CCCC(N)Cn1ccc(=O)c2ccccc21. The lowest BCUT2D eigenvalue weighted by atomic mass is 10.1. The smallest absolute Gasteiger partial charge is 0.189 e. The molecule has 0 saturated carbocycles. The van der Waals surface area contributed by atoms with E-state index < -0.39 is 0 Å². The van der Waals surface area contributed by atoms with Crippen LogP contribution >= 0.6 is 0 Å². The van der Waals surface area contributed by atoms with Crippen LogP contribution in [0.15, 0.2) is 41.3 Å². The van der Waals surface area contributed by atoms with Crippen LogP contribution in [-0.2, 0) is 6.54 Å². The molecule has 0 saturated heterocycles. The van der Waals surface area contributed by atoms with Crippen molar-refractivity contribution in [2.24, 2.45) is 5.73 Å². The van der Waals surface area contributed by atoms with Gasteiger partial charge in [-0.15, -0.1) is 0 Å². The molecule has 120 valence electrons. The Labute approximate surface area is 132 Å². The molecule has 0 aliphatic carbocycles. The number of hydrogen-bond donors (Lipinski definition) is 1. The van der Waals surface area contributed by atoms with Crippen LogP contribution in [0.2, 0.25) is 0 Å². The van der Waals surface area contributed by atoms with Crippen molar-refractivity contribution < 1.29 is 0 Å². The van der Waals surface area contributed by atoms with Gasteiger partial charge in [0, 0.05) is 30.2 Å². The average Bonchev–Trinajstić information content (AvgIpc) is 2.54. The van der Waals surface area contributed by atoms with E-state index in [1.165, 1.54) is 0 Å². The summed E-state index contributed by atoms with van der Waals surface area (Å²) in [4.78, 5) is 14.3. The summed E-state index contributed by atoms with van der Waals surface area (Å²) >= 11 is 0. The highest BCUT2D eigenvalue weighted by Gasteiger charge is 2.08. The van der Waals surface area contributed by atoms with E-state index >= 15 is 0 Å². The normalized spacial score (nSPS) is 12.9. The molecule has 0 spiro atoms. The molecule has 0 aliphatic heterocycles. The van der Waals surface area contributed by atoms with Gasteiger partial charge in [0.15, 0.2) is 5.43 Å². The topological polar surface area (TPSA) is 51.3 Å². The zero-order valence-corrected chi connectivity index (χ0v) is 13.7. The maximum atomic E-state index is 11.9. The Morgan fingerprint density at radius 1 is 1.18 bits per heavy atom. The first-order valence-corrected chi connectivity index (χ1v) is 8.21. The van der Waals surface area contributed by atoms with Gasteiger partial charge in [-0.2, -0.15) is 0 Å². The molecule has 2 rings (SSSR count). The number of pyridine rings is 1. The molecule has 0 radical (unpaired) electrons. The highest BCUT2D eigenvalue weighted by atomic mass is 16.1. The molecule has 0 bridgehead atoms. The fourth-order valence-electron chi connectivity index (χ4n) is 2.88. The summed E-state index contributed by atoms with van der Waals surface area (Å²) in [7, 11) is 0. The summed E-state index contributed by atoms with van der Waals surface area (Å²) in [5, 5.41) is 0.764. The minimum absolute atomic E-state index is 0.0713. The molecule has 4 heteroatoms. The first-order chi connectivity index (χ1) is 10.7. The number of hydrogen-bond acceptors (Lipinski definition) is 3. The number of nitrogens with two attached hydrogens (primary N) is 1. The molecule has 4 nitrogen and oxygen atoms in total. The third-order valence-corrected chi connectivity index (χ3v) is 4.26. The van der Waals surface area contributed by atoms with Crippen LogP contribution in [0.4, 0.5) is 0 Å². The van der Waals surface area contributed by atoms with Gasteiger partial charge >= 0.3 is 0 Å². The Hall–Kier alpha value is -1.65. The summed E-state index contributed by atoms with van der Waals surface area (Å²) in [5.41, 5.74) is 7.32. The van der Waals surface area contributed by atoms with E-state index in [0.717, 1.165) is 49.9 Å². The van der Waals surface area contributed by atoms with Crippen LogP contribution in [-0.4, -0.2) is 35.1 Å². The molecule has 1 unspecified atom stereocenters. The molecule has 2 N–H and O–H groups in total. The van der Waals surface area contributed by atoms with Crippen molar-refractivity contribution >= 4 is 10.9 Å². The zero-order valence-electron chi connectivity index (χ0n) is 13.7. The number of aromatic nitrogens is 1. The van der Waals surface area contributed by atoms with Crippen molar-refractivity contribution in [3.63, 3.8) is 0 Å². The van der Waals surface area contributed by atoms with Gasteiger partial charge in [0.25, 0.3) is 0 Å². The van der Waals surface area contributed by atoms with Crippen LogP contribution in [0.3, 0.4) is 0 Å². The number of para-hydroxylation sites is 1. The summed E-state index contributed by atoms with van der Waals surface area (Å²) in [6.45, 7) is 8.42. The fourth-order valence-corrected chi connectivity index (χ4v) is 2.88. The van der Waals surface area contributed by atoms with Gasteiger partial charge < -0.3 is 15.2 Å². The minimum Gasteiger partial charge on any atom is -0.346 e. The van der Waals surface area contributed by atoms with Gasteiger partial charge in [-0.25, -0.2) is 0 Å². The lowest BCUT2D eigenvalue weighted by molar-refractivity contribution is 0.291. The van der Waals surface area contributed by atoms with Crippen molar-refractivity contribution in [2.75, 3.05) is 19.6 Å². The van der Waals surface area contributed by atoms with Crippen LogP contribution in [0.25, 0.3) is 10.9 Å². The molecule has 0 amide bonds. The van der Waals surface area contributed by atoms with Gasteiger partial charge in [0.05, 0.1) is 5.52 Å². The van der Waals surface area contributed by atoms with Crippen molar-refractivity contribution in [3.8, 4) is 0 Å². The maximum Gasteiger partial charge on any atom is 0.189 e. The van der Waals surface area contributed by atoms with Crippen LogP contribution in [0.1, 0.15) is 26.7 Å². The van der Waals surface area contributed by atoms with Gasteiger partial charge in [0.1, 0.15) is 0 Å². The summed E-state index contributed by atoms with van der Waals surface area (Å²) in [6, 6.07) is 9.47. The van der Waals surface area contributed by atoms with Gasteiger partial charge in [-0.3, -0.25) is 4.79 Å². The Bertz CT molecular complexity index is 646. The molecular formula is C18H27N3O. The Morgan fingerprint density at radius 3 is 2.64 bits per heavy atom. The maximum absolute atomic E-state index is 11.9. The predicted molar refractivity (Wildman–Crippen MR) is 93.2 cm³/mol. The number of nitrogens with zero attached hydrogens (tertiary/aromatic N) is 2. The molecule has 22 heavy (non-hydrogen) atoms. The summed E-state index contributed by atoms with van der Waals surface area (Å²) in [5.74, 6) is 0. The van der Waals surface area contributed by atoms with Gasteiger partial charge in [-0.05, 0) is 44.6 Å². The molecule has 2 aromatic rings. The summed E-state index contributed by atoms with van der Waals surface area (Å²) < 4.78 is 2.10. The van der Waals surface area contributed by atoms with Crippen molar-refractivity contribution in [2.45, 2.75) is 39.3 Å². The lowest BCUT2D eigenvalue weighted by Gasteiger charge is -2.20. The summed E-state index contributed by atoms with van der Waals surface area (Å²) in [6.07, 6.45) is 3.97. The molecule has 1 heterocycles. The van der Waals surface area contributed by atoms with Crippen molar-refractivity contribution in [1.29, 1.82) is 0 Å². The van der Waals surface area contributed by atoms with E-state index in [0.29, 0.717) is 0 Å².